The van der Waals surface area contributed by atoms with E-state index in [1.807, 2.05) is 79.7 Å². The summed E-state index contributed by atoms with van der Waals surface area (Å²) in [6.45, 7) is 9.27. The molecule has 0 aliphatic rings. The summed E-state index contributed by atoms with van der Waals surface area (Å²) in [4.78, 5) is 15.4. The van der Waals surface area contributed by atoms with E-state index in [0.29, 0.717) is 24.5 Å². The van der Waals surface area contributed by atoms with E-state index in [1.54, 1.807) is 17.8 Å². The molecule has 0 fully saturated rings. The van der Waals surface area contributed by atoms with Crippen molar-refractivity contribution in [2.24, 2.45) is 0 Å². The van der Waals surface area contributed by atoms with Gasteiger partial charge in [-0.1, -0.05) is 81.1 Å². The van der Waals surface area contributed by atoms with E-state index in [0.717, 1.165) is 32.4 Å². The Bertz CT molecular complexity index is 1350. The summed E-state index contributed by atoms with van der Waals surface area (Å²) in [6, 6.07) is 31.5. The molecule has 0 spiro atoms. The van der Waals surface area contributed by atoms with Crippen LogP contribution in [0.3, 0.4) is 0 Å². The predicted octanol–water partition coefficient (Wildman–Crippen LogP) is 8.37. The van der Waals surface area contributed by atoms with E-state index in [-0.39, 0.29) is 11.3 Å². The van der Waals surface area contributed by atoms with Crippen LogP contribution in [-0.4, -0.2) is 12.5 Å². The number of ether oxygens (including phenoxy) is 2. The van der Waals surface area contributed by atoms with Crippen molar-refractivity contribution in [2.45, 2.75) is 49.5 Å². The van der Waals surface area contributed by atoms with Crippen LogP contribution in [0.25, 0.3) is 0 Å². The molecule has 0 bridgehead atoms. The Hall–Kier alpha value is -3.70. The monoisotopic (exact) mass is 511 g/mol. The highest BCUT2D eigenvalue weighted by atomic mass is 32.2. The molecular weight excluding hydrogens is 478 g/mol. The molecular formula is C32H33NO3S. The van der Waals surface area contributed by atoms with Crippen molar-refractivity contribution in [3.63, 3.8) is 0 Å². The normalized spacial score (nSPS) is 11.1. The smallest absolute Gasteiger partial charge is 0.255 e. The van der Waals surface area contributed by atoms with Gasteiger partial charge in [0.15, 0.2) is 0 Å². The fraction of sp³-hybridized carbons (Fsp3) is 0.219. The molecule has 4 aromatic rings. The maximum atomic E-state index is 13.3. The highest BCUT2D eigenvalue weighted by molar-refractivity contribution is 7.99. The molecule has 0 heterocycles. The summed E-state index contributed by atoms with van der Waals surface area (Å²) in [6.07, 6.45) is 0. The number of carbonyl (C=O) groups is 1. The molecule has 0 unspecified atom stereocenters. The van der Waals surface area contributed by atoms with E-state index in [4.69, 9.17) is 9.47 Å². The number of benzene rings is 4. The fourth-order valence-electron chi connectivity index (χ4n) is 3.97. The van der Waals surface area contributed by atoms with Gasteiger partial charge < -0.3 is 14.8 Å². The van der Waals surface area contributed by atoms with Crippen molar-refractivity contribution in [3.8, 4) is 11.5 Å². The molecule has 37 heavy (non-hydrogen) atoms. The van der Waals surface area contributed by atoms with Gasteiger partial charge in [0.1, 0.15) is 18.1 Å². The second-order valence-electron chi connectivity index (χ2n) is 9.66. The zero-order valence-corrected chi connectivity index (χ0v) is 22.6. The summed E-state index contributed by atoms with van der Waals surface area (Å²) in [7, 11) is 0. The van der Waals surface area contributed by atoms with Crippen molar-refractivity contribution in [1.29, 1.82) is 0 Å². The summed E-state index contributed by atoms with van der Waals surface area (Å²) in [5.41, 5.74) is 3.23. The molecule has 1 N–H and O–H groups in total. The van der Waals surface area contributed by atoms with Crippen LogP contribution in [0.4, 0.5) is 5.69 Å². The van der Waals surface area contributed by atoms with Crippen molar-refractivity contribution in [2.75, 3.05) is 11.9 Å². The molecule has 0 aliphatic heterocycles. The Morgan fingerprint density at radius 1 is 0.811 bits per heavy atom. The molecule has 4 aromatic carbocycles. The lowest BCUT2D eigenvalue weighted by atomic mass is 9.86. The Labute approximate surface area is 224 Å². The number of hydrogen-bond acceptors (Lipinski definition) is 4. The van der Waals surface area contributed by atoms with Crippen LogP contribution in [0.5, 0.6) is 11.5 Å². The van der Waals surface area contributed by atoms with Gasteiger partial charge >= 0.3 is 0 Å². The quantitative estimate of drug-likeness (QED) is 0.245. The molecule has 0 radical (unpaired) electrons. The molecule has 4 nitrogen and oxygen atoms in total. The maximum absolute atomic E-state index is 13.3. The Morgan fingerprint density at radius 3 is 2.27 bits per heavy atom. The Balaban J connectivity index is 1.55. The first kappa shape index (κ1) is 26.4. The third kappa shape index (κ3) is 6.95. The van der Waals surface area contributed by atoms with Crippen LogP contribution >= 0.6 is 11.8 Å². The second-order valence-corrected chi connectivity index (χ2v) is 10.8. The minimum absolute atomic E-state index is 0.0494. The number of rotatable bonds is 9. The number of nitrogens with one attached hydrogen (secondary N) is 1. The predicted molar refractivity (Wildman–Crippen MR) is 152 cm³/mol. The van der Waals surface area contributed by atoms with Gasteiger partial charge in [0, 0.05) is 20.9 Å². The van der Waals surface area contributed by atoms with Crippen LogP contribution in [0.2, 0.25) is 0 Å². The average molecular weight is 512 g/mol. The molecule has 0 saturated carbocycles. The fourth-order valence-corrected chi connectivity index (χ4v) is 4.89. The highest BCUT2D eigenvalue weighted by Gasteiger charge is 2.19. The zero-order valence-electron chi connectivity index (χ0n) is 21.8. The van der Waals surface area contributed by atoms with Crippen LogP contribution in [0.1, 0.15) is 49.2 Å². The topological polar surface area (TPSA) is 47.6 Å². The lowest BCUT2D eigenvalue weighted by Crippen LogP contribution is -2.15. The standard InChI is InChI=1S/C32H33NO3S/c1-5-35-28-20-19-23(21-24(28)22-36-29-17-11-9-15-26(29)32(2,3)4)31(34)33-27-16-10-12-18-30(27)37-25-13-7-6-8-14-25/h6-21H,5,22H2,1-4H3,(H,33,34). The van der Waals surface area contributed by atoms with Crippen LogP contribution < -0.4 is 14.8 Å². The third-order valence-corrected chi connectivity index (χ3v) is 6.89. The number of para-hydroxylation sites is 2. The van der Waals surface area contributed by atoms with E-state index in [2.05, 4.69) is 44.3 Å². The first-order chi connectivity index (χ1) is 17.8. The number of anilines is 1. The third-order valence-electron chi connectivity index (χ3n) is 5.81. The first-order valence-electron chi connectivity index (χ1n) is 12.5. The molecule has 0 aliphatic carbocycles. The highest BCUT2D eigenvalue weighted by Crippen LogP contribution is 2.34. The van der Waals surface area contributed by atoms with Gasteiger partial charge in [-0.15, -0.1) is 0 Å². The molecule has 1 amide bonds. The van der Waals surface area contributed by atoms with Gasteiger partial charge in [-0.05, 0) is 66.4 Å². The van der Waals surface area contributed by atoms with Crippen molar-refractivity contribution in [1.82, 2.24) is 0 Å². The van der Waals surface area contributed by atoms with Gasteiger partial charge in [0.2, 0.25) is 0 Å². The van der Waals surface area contributed by atoms with E-state index < -0.39 is 0 Å². The molecule has 5 heteroatoms. The Morgan fingerprint density at radius 2 is 1.51 bits per heavy atom. The molecule has 0 saturated heterocycles. The number of carbonyl (C=O) groups excluding carboxylic acids is 1. The number of hydrogen-bond donors (Lipinski definition) is 1. The lowest BCUT2D eigenvalue weighted by Gasteiger charge is -2.23. The first-order valence-corrected chi connectivity index (χ1v) is 13.3. The summed E-state index contributed by atoms with van der Waals surface area (Å²) < 4.78 is 12.1. The SMILES string of the molecule is CCOc1ccc(C(=O)Nc2ccccc2Sc2ccccc2)cc1COc1ccccc1C(C)(C)C. The summed E-state index contributed by atoms with van der Waals surface area (Å²) in [5.74, 6) is 1.37. The van der Waals surface area contributed by atoms with Crippen LogP contribution in [0.15, 0.2) is 107 Å². The largest absolute Gasteiger partial charge is 0.493 e. The minimum atomic E-state index is -0.180. The van der Waals surface area contributed by atoms with Gasteiger partial charge in [-0.2, -0.15) is 0 Å². The van der Waals surface area contributed by atoms with Crippen LogP contribution in [0, 0.1) is 0 Å². The maximum Gasteiger partial charge on any atom is 0.255 e. The van der Waals surface area contributed by atoms with Crippen LogP contribution in [-0.2, 0) is 12.0 Å². The Kier molecular flexibility index (Phi) is 8.57. The van der Waals surface area contributed by atoms with E-state index in [1.165, 1.54) is 0 Å². The second kappa shape index (κ2) is 12.0. The lowest BCUT2D eigenvalue weighted by molar-refractivity contribution is 0.102. The minimum Gasteiger partial charge on any atom is -0.493 e. The van der Waals surface area contributed by atoms with Gasteiger partial charge in [-0.3, -0.25) is 4.79 Å². The van der Waals surface area contributed by atoms with Crippen molar-refractivity contribution >= 4 is 23.4 Å². The molecule has 190 valence electrons. The molecule has 0 aromatic heterocycles. The molecule has 4 rings (SSSR count). The summed E-state index contributed by atoms with van der Waals surface area (Å²) in [5, 5.41) is 3.09. The average Bonchev–Trinajstić information content (AvgIpc) is 2.89. The van der Waals surface area contributed by atoms with E-state index in [9.17, 15) is 4.79 Å². The van der Waals surface area contributed by atoms with Gasteiger partial charge in [-0.25, -0.2) is 0 Å². The number of amides is 1. The van der Waals surface area contributed by atoms with Gasteiger partial charge in [0.25, 0.3) is 5.91 Å². The summed E-state index contributed by atoms with van der Waals surface area (Å²) >= 11 is 1.62. The van der Waals surface area contributed by atoms with E-state index >= 15 is 0 Å². The van der Waals surface area contributed by atoms with Crippen molar-refractivity contribution in [3.05, 3.63) is 114 Å². The zero-order chi connectivity index (χ0) is 26.3. The van der Waals surface area contributed by atoms with Crippen molar-refractivity contribution < 1.29 is 14.3 Å². The molecule has 0 atom stereocenters. The van der Waals surface area contributed by atoms with Gasteiger partial charge in [0.05, 0.1) is 12.3 Å².